The van der Waals surface area contributed by atoms with E-state index >= 15 is 0 Å². The van der Waals surface area contributed by atoms with Crippen molar-refractivity contribution in [2.45, 2.75) is 32.7 Å². The predicted octanol–water partition coefficient (Wildman–Crippen LogP) is 4.91. The van der Waals surface area contributed by atoms with Gasteiger partial charge in [0.15, 0.2) is 0 Å². The molecule has 4 rings (SSSR count). The molecule has 1 atom stereocenters. The maximum absolute atomic E-state index is 13.3. The summed E-state index contributed by atoms with van der Waals surface area (Å²) in [5, 5.41) is 0.808. The molecule has 1 heterocycles. The van der Waals surface area contributed by atoms with Crippen molar-refractivity contribution in [1.29, 1.82) is 0 Å². The first kappa shape index (κ1) is 18.5. The molecule has 1 amide bonds. The highest BCUT2D eigenvalue weighted by Crippen LogP contribution is 2.33. The summed E-state index contributed by atoms with van der Waals surface area (Å²) in [6.45, 7) is 5.53. The van der Waals surface area contributed by atoms with Crippen LogP contribution in [-0.2, 0) is 11.3 Å². The summed E-state index contributed by atoms with van der Waals surface area (Å²) < 4.78 is 0. The highest BCUT2D eigenvalue weighted by atomic mass is 35.5. The number of carbonyl (C=O) groups excluding carboxylic acids is 1. The Kier molecular flexibility index (Phi) is 5.51. The molecule has 4 heteroatoms. The van der Waals surface area contributed by atoms with Gasteiger partial charge in [0.1, 0.15) is 0 Å². The summed E-state index contributed by atoms with van der Waals surface area (Å²) >= 11 is 6.31. The van der Waals surface area contributed by atoms with Gasteiger partial charge < -0.3 is 4.90 Å². The van der Waals surface area contributed by atoms with Gasteiger partial charge in [-0.1, -0.05) is 47.5 Å². The zero-order valence-corrected chi connectivity index (χ0v) is 16.7. The van der Waals surface area contributed by atoms with Gasteiger partial charge in [-0.25, -0.2) is 0 Å². The summed E-state index contributed by atoms with van der Waals surface area (Å²) in [6, 6.07) is 16.4. The van der Waals surface area contributed by atoms with E-state index in [-0.39, 0.29) is 11.8 Å². The minimum absolute atomic E-state index is 0.0764. The van der Waals surface area contributed by atoms with E-state index < -0.39 is 0 Å². The Hall–Kier alpha value is -1.84. The van der Waals surface area contributed by atoms with E-state index in [1.165, 1.54) is 18.4 Å². The fraction of sp³-hybridized carbons (Fsp3) is 0.435. The minimum atomic E-state index is 0.0764. The Morgan fingerprint density at radius 1 is 1.11 bits per heavy atom. The number of hydrogen-bond acceptors (Lipinski definition) is 2. The smallest absolute Gasteiger partial charge is 0.231 e. The molecule has 1 unspecified atom stereocenters. The molecule has 142 valence electrons. The number of nitrogens with zero attached hydrogens (tertiary/aromatic N) is 2. The van der Waals surface area contributed by atoms with Crippen LogP contribution in [0, 0.1) is 18.8 Å². The molecule has 1 aliphatic carbocycles. The quantitative estimate of drug-likeness (QED) is 0.708. The predicted molar refractivity (Wildman–Crippen MR) is 111 cm³/mol. The molecule has 3 nitrogen and oxygen atoms in total. The highest BCUT2D eigenvalue weighted by Gasteiger charge is 2.35. The average molecular weight is 383 g/mol. The zero-order valence-electron chi connectivity index (χ0n) is 15.9. The van der Waals surface area contributed by atoms with Gasteiger partial charge in [-0.2, -0.15) is 0 Å². The highest BCUT2D eigenvalue weighted by molar-refractivity contribution is 6.31. The van der Waals surface area contributed by atoms with Crippen LogP contribution in [0.15, 0.2) is 48.5 Å². The second kappa shape index (κ2) is 8.04. The summed E-state index contributed by atoms with van der Waals surface area (Å²) in [5.41, 5.74) is 3.41. The molecule has 1 saturated heterocycles. The SMILES string of the molecule is Cc1ccc(N(CC2CC2)C(=O)C2CCN(Cc3ccccc3Cl)C2)cc1. The van der Waals surface area contributed by atoms with Crippen molar-refractivity contribution in [3.63, 3.8) is 0 Å². The molecule has 0 bridgehead atoms. The van der Waals surface area contributed by atoms with Crippen LogP contribution >= 0.6 is 11.6 Å². The number of aryl methyl sites for hydroxylation is 1. The van der Waals surface area contributed by atoms with E-state index in [0.29, 0.717) is 5.92 Å². The first-order chi connectivity index (χ1) is 13.1. The van der Waals surface area contributed by atoms with E-state index in [0.717, 1.165) is 48.9 Å². The number of halogens is 1. The Morgan fingerprint density at radius 3 is 2.56 bits per heavy atom. The Balaban J connectivity index is 1.44. The van der Waals surface area contributed by atoms with Crippen LogP contribution in [0.4, 0.5) is 5.69 Å². The lowest BCUT2D eigenvalue weighted by molar-refractivity contribution is -0.122. The topological polar surface area (TPSA) is 23.6 Å². The third-order valence-electron chi connectivity index (χ3n) is 5.72. The summed E-state index contributed by atoms with van der Waals surface area (Å²) in [6.07, 6.45) is 3.42. The molecule has 27 heavy (non-hydrogen) atoms. The lowest BCUT2D eigenvalue weighted by Gasteiger charge is -2.26. The van der Waals surface area contributed by atoms with Gasteiger partial charge in [-0.15, -0.1) is 0 Å². The first-order valence-corrected chi connectivity index (χ1v) is 10.3. The van der Waals surface area contributed by atoms with Gasteiger partial charge in [0.2, 0.25) is 5.91 Å². The Bertz CT molecular complexity index is 800. The van der Waals surface area contributed by atoms with Gasteiger partial charge >= 0.3 is 0 Å². The van der Waals surface area contributed by atoms with Crippen molar-refractivity contribution >= 4 is 23.2 Å². The maximum atomic E-state index is 13.3. The summed E-state index contributed by atoms with van der Waals surface area (Å²) in [7, 11) is 0. The molecule has 2 aromatic rings. The van der Waals surface area contributed by atoms with Gasteiger partial charge in [0.25, 0.3) is 0 Å². The van der Waals surface area contributed by atoms with Crippen molar-refractivity contribution in [3.8, 4) is 0 Å². The van der Waals surface area contributed by atoms with E-state index in [1.54, 1.807) is 0 Å². The molecular formula is C23H27ClN2O. The van der Waals surface area contributed by atoms with Crippen molar-refractivity contribution in [1.82, 2.24) is 4.90 Å². The number of likely N-dealkylation sites (tertiary alicyclic amines) is 1. The van der Waals surface area contributed by atoms with E-state index in [1.807, 2.05) is 23.1 Å². The van der Waals surface area contributed by atoms with E-state index in [4.69, 9.17) is 11.6 Å². The number of amides is 1. The van der Waals surface area contributed by atoms with Crippen LogP contribution in [0.5, 0.6) is 0 Å². The van der Waals surface area contributed by atoms with Crippen molar-refractivity contribution in [2.75, 3.05) is 24.5 Å². The normalized spacial score (nSPS) is 20.0. The lowest BCUT2D eigenvalue weighted by Crippen LogP contribution is -2.39. The molecule has 0 spiro atoms. The third kappa shape index (κ3) is 4.53. The largest absolute Gasteiger partial charge is 0.312 e. The number of anilines is 1. The first-order valence-electron chi connectivity index (χ1n) is 9.94. The van der Waals surface area contributed by atoms with Crippen LogP contribution < -0.4 is 4.90 Å². The number of carbonyl (C=O) groups is 1. The molecular weight excluding hydrogens is 356 g/mol. The zero-order chi connectivity index (χ0) is 18.8. The van der Waals surface area contributed by atoms with Crippen molar-refractivity contribution in [3.05, 3.63) is 64.7 Å². The lowest BCUT2D eigenvalue weighted by atomic mass is 10.1. The van der Waals surface area contributed by atoms with E-state index in [2.05, 4.69) is 42.2 Å². The van der Waals surface area contributed by atoms with E-state index in [9.17, 15) is 4.79 Å². The number of rotatable bonds is 6. The molecule has 1 saturated carbocycles. The maximum Gasteiger partial charge on any atom is 0.231 e. The molecule has 0 radical (unpaired) electrons. The van der Waals surface area contributed by atoms with Crippen LogP contribution in [0.25, 0.3) is 0 Å². The molecule has 0 aromatic heterocycles. The Labute approximate surface area is 166 Å². The standard InChI is InChI=1S/C23H27ClN2O/c1-17-6-10-21(11-7-17)26(14-18-8-9-18)23(27)20-12-13-25(16-20)15-19-4-2-3-5-22(19)24/h2-7,10-11,18,20H,8-9,12-16H2,1H3. The molecule has 2 fully saturated rings. The second-order valence-electron chi connectivity index (χ2n) is 8.04. The van der Waals surface area contributed by atoms with Crippen LogP contribution in [0.3, 0.4) is 0 Å². The number of hydrogen-bond donors (Lipinski definition) is 0. The average Bonchev–Trinajstić information content (AvgIpc) is 3.38. The van der Waals surface area contributed by atoms with Crippen LogP contribution in [-0.4, -0.2) is 30.4 Å². The second-order valence-corrected chi connectivity index (χ2v) is 8.45. The summed E-state index contributed by atoms with van der Waals surface area (Å²) in [4.78, 5) is 17.7. The van der Waals surface area contributed by atoms with Crippen molar-refractivity contribution in [2.24, 2.45) is 11.8 Å². The van der Waals surface area contributed by atoms with Gasteiger partial charge in [0, 0.05) is 30.3 Å². The number of benzene rings is 2. The minimum Gasteiger partial charge on any atom is -0.312 e. The third-order valence-corrected chi connectivity index (χ3v) is 6.09. The molecule has 1 aliphatic heterocycles. The monoisotopic (exact) mass is 382 g/mol. The van der Waals surface area contributed by atoms with Gasteiger partial charge in [-0.3, -0.25) is 9.69 Å². The van der Waals surface area contributed by atoms with Gasteiger partial charge in [0.05, 0.1) is 5.92 Å². The Morgan fingerprint density at radius 2 is 1.85 bits per heavy atom. The molecule has 0 N–H and O–H groups in total. The molecule has 2 aromatic carbocycles. The van der Waals surface area contributed by atoms with Crippen LogP contribution in [0.1, 0.15) is 30.4 Å². The summed E-state index contributed by atoms with van der Waals surface area (Å²) in [5.74, 6) is 1.04. The van der Waals surface area contributed by atoms with Crippen molar-refractivity contribution < 1.29 is 4.79 Å². The fourth-order valence-electron chi connectivity index (χ4n) is 3.87. The van der Waals surface area contributed by atoms with Gasteiger partial charge in [-0.05, 0) is 62.4 Å². The fourth-order valence-corrected chi connectivity index (χ4v) is 4.07. The molecule has 2 aliphatic rings. The van der Waals surface area contributed by atoms with Crippen LogP contribution in [0.2, 0.25) is 5.02 Å².